The third-order valence-corrected chi connectivity index (χ3v) is 2.54. The van der Waals surface area contributed by atoms with Crippen LogP contribution in [0.25, 0.3) is 0 Å². The SMILES string of the molecule is CC#CCCNC(C)(CC)CC. The van der Waals surface area contributed by atoms with Gasteiger partial charge in [0.25, 0.3) is 0 Å². The number of hydrogen-bond acceptors (Lipinski definition) is 1. The smallest absolute Gasteiger partial charge is 0.0214 e. The van der Waals surface area contributed by atoms with Crippen molar-refractivity contribution in [2.75, 3.05) is 6.54 Å². The molecule has 0 aromatic heterocycles. The Hall–Kier alpha value is -0.480. The maximum absolute atomic E-state index is 3.53. The summed E-state index contributed by atoms with van der Waals surface area (Å²) in [6.07, 6.45) is 3.33. The molecule has 0 saturated carbocycles. The minimum Gasteiger partial charge on any atom is -0.311 e. The predicted molar refractivity (Wildman–Crippen MR) is 55.1 cm³/mol. The van der Waals surface area contributed by atoms with Crippen molar-refractivity contribution in [1.29, 1.82) is 0 Å². The van der Waals surface area contributed by atoms with E-state index in [2.05, 4.69) is 37.9 Å². The van der Waals surface area contributed by atoms with Gasteiger partial charge in [-0.3, -0.25) is 0 Å². The van der Waals surface area contributed by atoms with Crippen molar-refractivity contribution in [2.24, 2.45) is 0 Å². The zero-order valence-electron chi connectivity index (χ0n) is 8.83. The molecule has 0 spiro atoms. The van der Waals surface area contributed by atoms with E-state index >= 15 is 0 Å². The maximum Gasteiger partial charge on any atom is 0.0214 e. The van der Waals surface area contributed by atoms with Crippen LogP contribution in [0.3, 0.4) is 0 Å². The van der Waals surface area contributed by atoms with Crippen molar-refractivity contribution in [3.63, 3.8) is 0 Å². The Labute approximate surface area is 76.9 Å². The highest BCUT2D eigenvalue weighted by Crippen LogP contribution is 2.12. The lowest BCUT2D eigenvalue weighted by atomic mass is 9.95. The lowest BCUT2D eigenvalue weighted by Gasteiger charge is -2.27. The summed E-state index contributed by atoms with van der Waals surface area (Å²) in [6, 6.07) is 0. The highest BCUT2D eigenvalue weighted by molar-refractivity contribution is 4.95. The summed E-state index contributed by atoms with van der Waals surface area (Å²) in [6.45, 7) is 9.62. The Morgan fingerprint density at radius 3 is 2.25 bits per heavy atom. The molecule has 0 bridgehead atoms. The lowest BCUT2D eigenvalue weighted by Crippen LogP contribution is -2.41. The van der Waals surface area contributed by atoms with Crippen molar-refractivity contribution in [3.05, 3.63) is 0 Å². The fourth-order valence-electron chi connectivity index (χ4n) is 1.05. The average Bonchev–Trinajstić information content (AvgIpc) is 2.12. The van der Waals surface area contributed by atoms with Gasteiger partial charge in [-0.15, -0.1) is 11.8 Å². The standard InChI is InChI=1S/C11H21N/c1-5-8-9-10-12-11(4,6-2)7-3/h12H,6-7,9-10H2,1-4H3. The molecule has 0 aromatic rings. The molecule has 12 heavy (non-hydrogen) atoms. The lowest BCUT2D eigenvalue weighted by molar-refractivity contribution is 0.336. The molecule has 0 atom stereocenters. The Bertz CT molecular complexity index is 158. The highest BCUT2D eigenvalue weighted by Gasteiger charge is 2.16. The molecular weight excluding hydrogens is 146 g/mol. The van der Waals surface area contributed by atoms with Gasteiger partial charge in [0.2, 0.25) is 0 Å². The van der Waals surface area contributed by atoms with E-state index in [1.807, 2.05) is 6.92 Å². The van der Waals surface area contributed by atoms with Gasteiger partial charge < -0.3 is 5.32 Å². The van der Waals surface area contributed by atoms with Crippen LogP contribution >= 0.6 is 0 Å². The molecule has 70 valence electrons. The summed E-state index contributed by atoms with van der Waals surface area (Å²) in [5.41, 5.74) is 0.315. The molecule has 0 heterocycles. The van der Waals surface area contributed by atoms with E-state index in [-0.39, 0.29) is 0 Å². The molecule has 0 saturated heterocycles. The Morgan fingerprint density at radius 1 is 1.25 bits per heavy atom. The van der Waals surface area contributed by atoms with Crippen LogP contribution in [0.4, 0.5) is 0 Å². The molecule has 0 unspecified atom stereocenters. The molecule has 0 amide bonds. The fourth-order valence-corrected chi connectivity index (χ4v) is 1.05. The molecule has 0 aliphatic carbocycles. The third-order valence-electron chi connectivity index (χ3n) is 2.54. The summed E-state index contributed by atoms with van der Waals surface area (Å²) in [7, 11) is 0. The highest BCUT2D eigenvalue weighted by atomic mass is 14.9. The van der Waals surface area contributed by atoms with Crippen molar-refractivity contribution in [2.45, 2.75) is 52.5 Å². The molecule has 0 radical (unpaired) electrons. The van der Waals surface area contributed by atoms with Crippen molar-refractivity contribution >= 4 is 0 Å². The van der Waals surface area contributed by atoms with E-state index in [0.717, 1.165) is 13.0 Å². The van der Waals surface area contributed by atoms with E-state index in [1.54, 1.807) is 0 Å². The van der Waals surface area contributed by atoms with Gasteiger partial charge in [0, 0.05) is 18.5 Å². The minimum atomic E-state index is 0.315. The summed E-state index contributed by atoms with van der Waals surface area (Å²) < 4.78 is 0. The Morgan fingerprint density at radius 2 is 1.83 bits per heavy atom. The maximum atomic E-state index is 3.53. The van der Waals surface area contributed by atoms with Crippen LogP contribution in [0, 0.1) is 11.8 Å². The van der Waals surface area contributed by atoms with Crippen LogP contribution in [0.1, 0.15) is 47.0 Å². The van der Waals surface area contributed by atoms with Gasteiger partial charge in [-0.1, -0.05) is 13.8 Å². The molecule has 0 fully saturated rings. The van der Waals surface area contributed by atoms with Crippen molar-refractivity contribution in [3.8, 4) is 11.8 Å². The first-order valence-electron chi connectivity index (χ1n) is 4.83. The largest absolute Gasteiger partial charge is 0.311 e. The zero-order valence-corrected chi connectivity index (χ0v) is 8.83. The van der Waals surface area contributed by atoms with E-state index < -0.39 is 0 Å². The molecule has 1 heteroatoms. The quantitative estimate of drug-likeness (QED) is 0.490. The van der Waals surface area contributed by atoms with Crippen LogP contribution in [0.2, 0.25) is 0 Å². The topological polar surface area (TPSA) is 12.0 Å². The van der Waals surface area contributed by atoms with Gasteiger partial charge in [-0.25, -0.2) is 0 Å². The second-order valence-corrected chi connectivity index (χ2v) is 3.37. The minimum absolute atomic E-state index is 0.315. The van der Waals surface area contributed by atoms with Crippen LogP contribution in [-0.2, 0) is 0 Å². The monoisotopic (exact) mass is 167 g/mol. The average molecular weight is 167 g/mol. The van der Waals surface area contributed by atoms with E-state index in [0.29, 0.717) is 5.54 Å². The van der Waals surface area contributed by atoms with E-state index in [4.69, 9.17) is 0 Å². The van der Waals surface area contributed by atoms with Gasteiger partial charge in [0.05, 0.1) is 0 Å². The Kier molecular flexibility index (Phi) is 5.84. The molecule has 0 aromatic carbocycles. The molecule has 0 aliphatic heterocycles. The van der Waals surface area contributed by atoms with Gasteiger partial charge in [-0.2, -0.15) is 0 Å². The predicted octanol–water partition coefficient (Wildman–Crippen LogP) is 2.57. The fraction of sp³-hybridized carbons (Fsp3) is 0.818. The van der Waals surface area contributed by atoms with Crippen LogP contribution in [0.5, 0.6) is 0 Å². The number of hydrogen-bond donors (Lipinski definition) is 1. The molecule has 0 aliphatic rings. The summed E-state index contributed by atoms with van der Waals surface area (Å²) in [5.74, 6) is 5.96. The van der Waals surface area contributed by atoms with Crippen molar-refractivity contribution in [1.82, 2.24) is 5.32 Å². The second kappa shape index (κ2) is 6.08. The van der Waals surface area contributed by atoms with Crippen LogP contribution in [-0.4, -0.2) is 12.1 Å². The van der Waals surface area contributed by atoms with Crippen LogP contribution in [0.15, 0.2) is 0 Å². The summed E-state index contributed by atoms with van der Waals surface area (Å²) in [5, 5.41) is 3.53. The van der Waals surface area contributed by atoms with E-state index in [9.17, 15) is 0 Å². The first-order valence-corrected chi connectivity index (χ1v) is 4.83. The summed E-state index contributed by atoms with van der Waals surface area (Å²) in [4.78, 5) is 0. The first-order chi connectivity index (χ1) is 5.68. The second-order valence-electron chi connectivity index (χ2n) is 3.37. The normalized spacial score (nSPS) is 10.7. The van der Waals surface area contributed by atoms with Gasteiger partial charge in [-0.05, 0) is 26.7 Å². The third kappa shape index (κ3) is 4.41. The molecule has 1 N–H and O–H groups in total. The number of nitrogens with one attached hydrogen (secondary N) is 1. The number of rotatable bonds is 5. The van der Waals surface area contributed by atoms with E-state index in [1.165, 1.54) is 12.8 Å². The van der Waals surface area contributed by atoms with Crippen LogP contribution < -0.4 is 5.32 Å². The summed E-state index contributed by atoms with van der Waals surface area (Å²) >= 11 is 0. The van der Waals surface area contributed by atoms with Crippen molar-refractivity contribution < 1.29 is 0 Å². The van der Waals surface area contributed by atoms with Gasteiger partial charge >= 0.3 is 0 Å². The molecule has 1 nitrogen and oxygen atoms in total. The molecular formula is C11H21N. The zero-order chi connectivity index (χ0) is 9.45. The van der Waals surface area contributed by atoms with Gasteiger partial charge in [0.15, 0.2) is 0 Å². The van der Waals surface area contributed by atoms with Gasteiger partial charge in [0.1, 0.15) is 0 Å². The molecule has 0 rings (SSSR count). The first kappa shape index (κ1) is 11.5. The Balaban J connectivity index is 3.63.